The molecule has 2 N–H and O–H groups in total. The summed E-state index contributed by atoms with van der Waals surface area (Å²) in [5.74, 6) is 0. The summed E-state index contributed by atoms with van der Waals surface area (Å²) in [6.07, 6.45) is 4.33. The second-order valence-electron chi connectivity index (χ2n) is 3.45. The van der Waals surface area contributed by atoms with Crippen LogP contribution in [0.15, 0.2) is 34.4 Å². The van der Waals surface area contributed by atoms with Gasteiger partial charge >= 0.3 is 0 Å². The Kier molecular flexibility index (Phi) is 3.97. The summed E-state index contributed by atoms with van der Waals surface area (Å²) in [6.45, 7) is 0. The summed E-state index contributed by atoms with van der Waals surface area (Å²) in [5.41, 5.74) is 7.21. The van der Waals surface area contributed by atoms with Crippen LogP contribution in [0.1, 0.15) is 16.5 Å². The zero-order valence-electron chi connectivity index (χ0n) is 8.36. The quantitative estimate of drug-likeness (QED) is 0.935. The Morgan fingerprint density at radius 2 is 2.31 bits per heavy atom. The predicted octanol–water partition coefficient (Wildman–Crippen LogP) is 3.80. The lowest BCUT2D eigenvalue weighted by Gasteiger charge is -2.10. The average molecular weight is 318 g/mol. The van der Waals surface area contributed by atoms with Gasteiger partial charge in [0.1, 0.15) is 0 Å². The van der Waals surface area contributed by atoms with Crippen LogP contribution in [0, 0.1) is 0 Å². The van der Waals surface area contributed by atoms with Gasteiger partial charge in [0.15, 0.2) is 0 Å². The van der Waals surface area contributed by atoms with Gasteiger partial charge in [-0.25, -0.2) is 0 Å². The van der Waals surface area contributed by atoms with Gasteiger partial charge in [-0.1, -0.05) is 11.6 Å². The summed E-state index contributed by atoms with van der Waals surface area (Å²) in [6, 6.07) is 3.83. The molecule has 0 fully saturated rings. The molecule has 0 aliphatic carbocycles. The van der Waals surface area contributed by atoms with Gasteiger partial charge in [-0.05, 0) is 45.4 Å². The molecule has 5 heteroatoms. The van der Waals surface area contributed by atoms with Crippen LogP contribution >= 0.6 is 38.9 Å². The molecule has 0 radical (unpaired) electrons. The first-order valence-corrected chi connectivity index (χ1v) is 6.80. The summed E-state index contributed by atoms with van der Waals surface area (Å²) < 4.78 is 0.967. The van der Waals surface area contributed by atoms with Crippen molar-refractivity contribution >= 4 is 38.9 Å². The van der Waals surface area contributed by atoms with Crippen molar-refractivity contribution in [2.45, 2.75) is 12.5 Å². The molecule has 2 rings (SSSR count). The normalized spacial score (nSPS) is 12.7. The van der Waals surface area contributed by atoms with Gasteiger partial charge in [0.25, 0.3) is 0 Å². The van der Waals surface area contributed by atoms with Crippen LogP contribution in [0.2, 0.25) is 5.02 Å². The van der Waals surface area contributed by atoms with E-state index in [-0.39, 0.29) is 6.04 Å². The maximum atomic E-state index is 6.11. The highest BCUT2D eigenvalue weighted by atomic mass is 79.9. The first-order valence-electron chi connectivity index (χ1n) is 4.74. The summed E-state index contributed by atoms with van der Waals surface area (Å²) >= 11 is 11.0. The van der Waals surface area contributed by atoms with Gasteiger partial charge in [0.2, 0.25) is 0 Å². The molecule has 1 atom stereocenters. The minimum Gasteiger partial charge on any atom is -0.323 e. The molecular weight excluding hydrogens is 308 g/mol. The second kappa shape index (κ2) is 5.27. The molecule has 0 saturated carbocycles. The number of halogens is 2. The zero-order chi connectivity index (χ0) is 11.5. The second-order valence-corrected chi connectivity index (χ2v) is 5.73. The molecule has 0 saturated heterocycles. The molecule has 2 heterocycles. The number of nitrogens with zero attached hydrogens (tertiary/aromatic N) is 1. The van der Waals surface area contributed by atoms with Crippen molar-refractivity contribution in [3.8, 4) is 0 Å². The van der Waals surface area contributed by atoms with Gasteiger partial charge in [0.05, 0.1) is 5.02 Å². The average Bonchev–Trinajstić information content (AvgIpc) is 2.64. The van der Waals surface area contributed by atoms with E-state index < -0.39 is 0 Å². The Morgan fingerprint density at radius 1 is 1.50 bits per heavy atom. The molecular formula is C11H10BrClN2S. The minimum atomic E-state index is -0.0661. The number of nitrogens with two attached hydrogens (primary N) is 1. The Labute approximate surface area is 112 Å². The number of hydrogen-bond acceptors (Lipinski definition) is 3. The van der Waals surface area contributed by atoms with Gasteiger partial charge in [-0.3, -0.25) is 4.98 Å². The molecule has 0 aromatic carbocycles. The van der Waals surface area contributed by atoms with Crippen LogP contribution in [0.5, 0.6) is 0 Å². The third-order valence-corrected chi connectivity index (χ3v) is 4.12. The number of hydrogen-bond donors (Lipinski definition) is 1. The fraction of sp³-hybridized carbons (Fsp3) is 0.182. The van der Waals surface area contributed by atoms with E-state index in [1.165, 1.54) is 0 Å². The van der Waals surface area contributed by atoms with Crippen molar-refractivity contribution < 1.29 is 0 Å². The van der Waals surface area contributed by atoms with E-state index >= 15 is 0 Å². The molecule has 0 amide bonds. The molecule has 0 spiro atoms. The van der Waals surface area contributed by atoms with Crippen molar-refractivity contribution in [1.82, 2.24) is 4.98 Å². The lowest BCUT2D eigenvalue weighted by molar-refractivity contribution is 0.734. The van der Waals surface area contributed by atoms with E-state index in [1.54, 1.807) is 17.5 Å². The lowest BCUT2D eigenvalue weighted by atomic mass is 10.1. The Balaban J connectivity index is 2.14. The molecule has 2 aromatic heterocycles. The zero-order valence-corrected chi connectivity index (χ0v) is 11.5. The van der Waals surface area contributed by atoms with E-state index in [4.69, 9.17) is 17.3 Å². The highest BCUT2D eigenvalue weighted by Crippen LogP contribution is 2.29. The van der Waals surface area contributed by atoms with Gasteiger partial charge < -0.3 is 5.73 Å². The first-order chi connectivity index (χ1) is 7.66. The summed E-state index contributed by atoms with van der Waals surface area (Å²) in [4.78, 5) is 5.14. The van der Waals surface area contributed by atoms with Crippen LogP contribution in [0.25, 0.3) is 0 Å². The van der Waals surface area contributed by atoms with E-state index in [0.29, 0.717) is 0 Å². The van der Waals surface area contributed by atoms with Gasteiger partial charge in [0, 0.05) is 27.8 Å². The largest absolute Gasteiger partial charge is 0.323 e. The van der Waals surface area contributed by atoms with Crippen molar-refractivity contribution in [3.63, 3.8) is 0 Å². The van der Waals surface area contributed by atoms with Crippen molar-refractivity contribution in [2.75, 3.05) is 0 Å². The molecule has 2 nitrogen and oxygen atoms in total. The van der Waals surface area contributed by atoms with E-state index in [9.17, 15) is 0 Å². The van der Waals surface area contributed by atoms with Crippen LogP contribution in [0.4, 0.5) is 0 Å². The third-order valence-electron chi connectivity index (χ3n) is 2.20. The smallest absolute Gasteiger partial charge is 0.0561 e. The van der Waals surface area contributed by atoms with E-state index in [2.05, 4.69) is 20.9 Å². The number of aromatic nitrogens is 1. The van der Waals surface area contributed by atoms with E-state index in [0.717, 1.165) is 26.4 Å². The van der Waals surface area contributed by atoms with Crippen LogP contribution in [0.3, 0.4) is 0 Å². The maximum Gasteiger partial charge on any atom is 0.0561 e. The van der Waals surface area contributed by atoms with Crippen LogP contribution in [-0.2, 0) is 6.42 Å². The molecule has 1 unspecified atom stereocenters. The molecule has 0 aliphatic rings. The maximum absolute atomic E-state index is 6.11. The summed E-state index contributed by atoms with van der Waals surface area (Å²) in [7, 11) is 0. The highest BCUT2D eigenvalue weighted by Gasteiger charge is 2.12. The Hall–Kier alpha value is -0.420. The molecule has 84 valence electrons. The van der Waals surface area contributed by atoms with Crippen molar-refractivity contribution in [2.24, 2.45) is 5.73 Å². The molecule has 2 aromatic rings. The van der Waals surface area contributed by atoms with Crippen molar-refractivity contribution in [3.05, 3.63) is 49.8 Å². The topological polar surface area (TPSA) is 38.9 Å². The van der Waals surface area contributed by atoms with Gasteiger partial charge in [-0.15, -0.1) is 11.3 Å². The fourth-order valence-electron chi connectivity index (χ4n) is 1.48. The fourth-order valence-corrected chi connectivity index (χ4v) is 3.10. The van der Waals surface area contributed by atoms with E-state index in [1.807, 2.05) is 23.7 Å². The molecule has 16 heavy (non-hydrogen) atoms. The molecule has 0 aliphatic heterocycles. The third kappa shape index (κ3) is 2.83. The van der Waals surface area contributed by atoms with Crippen LogP contribution in [-0.4, -0.2) is 4.98 Å². The predicted molar refractivity (Wildman–Crippen MR) is 71.9 cm³/mol. The number of thiophene rings is 1. The Bertz CT molecular complexity index is 486. The minimum absolute atomic E-state index is 0.0661. The molecule has 0 bridgehead atoms. The van der Waals surface area contributed by atoms with Crippen LogP contribution < -0.4 is 5.73 Å². The summed E-state index contributed by atoms with van der Waals surface area (Å²) in [5, 5.41) is 2.71. The number of rotatable bonds is 3. The standard InChI is InChI=1S/C11H10BrClN2S/c12-8-3-7(5-15-6-8)4-10(14)11-9(13)1-2-16-11/h1-3,5-6,10H,4,14H2. The first kappa shape index (κ1) is 12.0. The monoisotopic (exact) mass is 316 g/mol. The van der Waals surface area contributed by atoms with Crippen molar-refractivity contribution in [1.29, 1.82) is 0 Å². The SMILES string of the molecule is NC(Cc1cncc(Br)c1)c1sccc1Cl. The highest BCUT2D eigenvalue weighted by molar-refractivity contribution is 9.10. The lowest BCUT2D eigenvalue weighted by Crippen LogP contribution is -2.12. The number of pyridine rings is 1. The Morgan fingerprint density at radius 3 is 2.94 bits per heavy atom. The van der Waals surface area contributed by atoms with Gasteiger partial charge in [-0.2, -0.15) is 0 Å².